The fourth-order valence-corrected chi connectivity index (χ4v) is 5.08. The van der Waals surface area contributed by atoms with E-state index in [0.29, 0.717) is 12.3 Å². The summed E-state index contributed by atoms with van der Waals surface area (Å²) < 4.78 is 5.78. The highest BCUT2D eigenvalue weighted by Gasteiger charge is 2.30. The third-order valence-electron chi connectivity index (χ3n) is 7.25. The first-order valence-electron chi connectivity index (χ1n) is 13.7. The molecule has 4 amide bonds. The average Bonchev–Trinajstić information content (AvgIpc) is 3.41. The number of likely N-dealkylation sites (tertiary alicyclic amines) is 1. The monoisotopic (exact) mass is 551 g/mol. The molecular weight excluding hydrogens is 514 g/mol. The number of likely N-dealkylation sites (N-methyl/N-ethyl adjacent to an activating group) is 1. The Balaban J connectivity index is 1.54. The van der Waals surface area contributed by atoms with Crippen molar-refractivity contribution >= 4 is 23.6 Å². The average molecular weight is 552 g/mol. The van der Waals surface area contributed by atoms with Crippen LogP contribution in [0.15, 0.2) is 48.5 Å². The first-order chi connectivity index (χ1) is 19.3. The number of hydrogen-bond donors (Lipinski definition) is 5. The van der Waals surface area contributed by atoms with E-state index in [2.05, 4.69) is 33.1 Å². The fraction of sp³-hybridized carbons (Fsp3) is 0.448. The van der Waals surface area contributed by atoms with E-state index in [1.807, 2.05) is 0 Å². The van der Waals surface area contributed by atoms with Crippen molar-refractivity contribution in [3.63, 3.8) is 0 Å². The van der Waals surface area contributed by atoms with Gasteiger partial charge in [-0.05, 0) is 55.8 Å². The molecule has 0 unspecified atom stereocenters. The number of hydrogen-bond acceptors (Lipinski definition) is 7. The van der Waals surface area contributed by atoms with Crippen molar-refractivity contribution in [1.29, 1.82) is 0 Å². The number of carbonyl (C=O) groups excluding carboxylic acids is 4. The van der Waals surface area contributed by atoms with Gasteiger partial charge in [-0.1, -0.05) is 31.2 Å². The number of rotatable bonds is 6. The third-order valence-corrected chi connectivity index (χ3v) is 7.25. The number of benzene rings is 2. The van der Waals surface area contributed by atoms with Gasteiger partial charge < -0.3 is 31.1 Å². The Morgan fingerprint density at radius 1 is 1.10 bits per heavy atom. The molecule has 0 spiro atoms. The smallest absolute Gasteiger partial charge is 0.255 e. The van der Waals surface area contributed by atoms with Crippen molar-refractivity contribution in [2.75, 3.05) is 32.8 Å². The summed E-state index contributed by atoms with van der Waals surface area (Å²) in [7, 11) is 0. The second kappa shape index (κ2) is 13.8. The van der Waals surface area contributed by atoms with Gasteiger partial charge in [0.25, 0.3) is 5.91 Å². The highest BCUT2D eigenvalue weighted by Crippen LogP contribution is 2.19. The number of aromatic hydroxyl groups is 1. The Morgan fingerprint density at radius 3 is 2.65 bits per heavy atom. The van der Waals surface area contributed by atoms with Crippen LogP contribution in [0.25, 0.3) is 0 Å². The minimum atomic E-state index is -1.17. The summed E-state index contributed by atoms with van der Waals surface area (Å²) in [6, 6.07) is 11.0. The van der Waals surface area contributed by atoms with Crippen LogP contribution in [0.5, 0.6) is 11.5 Å². The Kier molecular flexibility index (Phi) is 9.96. The predicted molar refractivity (Wildman–Crippen MR) is 148 cm³/mol. The molecule has 3 atom stereocenters. The molecule has 2 aromatic rings. The number of phenolic OH excluding ortho intramolecular Hbond substituents is 1. The van der Waals surface area contributed by atoms with Gasteiger partial charge in [0.1, 0.15) is 30.2 Å². The van der Waals surface area contributed by atoms with E-state index in [9.17, 15) is 24.3 Å². The van der Waals surface area contributed by atoms with Crippen LogP contribution in [0.1, 0.15) is 42.1 Å². The Bertz CT molecular complexity index is 1200. The number of nitrogens with zero attached hydrogens (tertiary/aromatic N) is 1. The van der Waals surface area contributed by atoms with Gasteiger partial charge in [-0.15, -0.1) is 0 Å². The summed E-state index contributed by atoms with van der Waals surface area (Å²) in [5, 5.41) is 20.7. The lowest BCUT2D eigenvalue weighted by atomic mass is 10.0. The summed E-state index contributed by atoms with van der Waals surface area (Å²) in [5.74, 6) is -1.60. The molecule has 0 saturated carbocycles. The zero-order chi connectivity index (χ0) is 28.5. The van der Waals surface area contributed by atoms with E-state index in [1.54, 1.807) is 36.4 Å². The van der Waals surface area contributed by atoms with Crippen molar-refractivity contribution in [2.45, 2.75) is 50.7 Å². The SMILES string of the molecule is CCN1CCC[C@H]1CNC(=O)[C@@H]1CC(=O)N[C@@H](Cc2ccc(O)cc2)C(=O)NCCOc2ccccc2C(=O)N1. The first kappa shape index (κ1) is 28.9. The van der Waals surface area contributed by atoms with Crippen molar-refractivity contribution < 1.29 is 29.0 Å². The number of fused-ring (bicyclic) bond motifs is 1. The van der Waals surface area contributed by atoms with Crippen LogP contribution in [-0.2, 0) is 20.8 Å². The number of para-hydroxylation sites is 1. The summed E-state index contributed by atoms with van der Waals surface area (Å²) in [5.41, 5.74) is 0.950. The number of amides is 4. The van der Waals surface area contributed by atoms with Gasteiger partial charge in [0.2, 0.25) is 17.7 Å². The Hall–Kier alpha value is -4.12. The Morgan fingerprint density at radius 2 is 1.88 bits per heavy atom. The molecular formula is C29H37N5O6. The van der Waals surface area contributed by atoms with Crippen molar-refractivity contribution in [3.8, 4) is 11.5 Å². The summed E-state index contributed by atoms with van der Waals surface area (Å²) in [6.07, 6.45) is 1.82. The van der Waals surface area contributed by atoms with Crippen molar-refractivity contribution in [1.82, 2.24) is 26.2 Å². The molecule has 2 aliphatic rings. The summed E-state index contributed by atoms with van der Waals surface area (Å²) >= 11 is 0. The van der Waals surface area contributed by atoms with Gasteiger partial charge in [-0.2, -0.15) is 0 Å². The molecule has 1 fully saturated rings. The lowest BCUT2D eigenvalue weighted by Gasteiger charge is -2.25. The second-order valence-electron chi connectivity index (χ2n) is 10.0. The van der Waals surface area contributed by atoms with Crippen LogP contribution < -0.4 is 26.0 Å². The highest BCUT2D eigenvalue weighted by atomic mass is 16.5. The molecule has 1 saturated heterocycles. The number of phenols is 1. The first-order valence-corrected chi connectivity index (χ1v) is 13.7. The topological polar surface area (TPSA) is 149 Å². The van der Waals surface area contributed by atoms with E-state index in [1.165, 1.54) is 12.1 Å². The van der Waals surface area contributed by atoms with Gasteiger partial charge in [0, 0.05) is 19.0 Å². The van der Waals surface area contributed by atoms with Crippen molar-refractivity contribution in [3.05, 3.63) is 59.7 Å². The molecule has 40 heavy (non-hydrogen) atoms. The maximum Gasteiger partial charge on any atom is 0.255 e. The van der Waals surface area contributed by atoms with E-state index >= 15 is 0 Å². The van der Waals surface area contributed by atoms with Gasteiger partial charge in [0.05, 0.1) is 18.5 Å². The van der Waals surface area contributed by atoms with Crippen LogP contribution in [0, 0.1) is 0 Å². The molecule has 11 nitrogen and oxygen atoms in total. The predicted octanol–water partition coefficient (Wildman–Crippen LogP) is 0.717. The highest BCUT2D eigenvalue weighted by molar-refractivity contribution is 6.01. The molecule has 4 rings (SSSR count). The van der Waals surface area contributed by atoms with Crippen LogP contribution in [0.3, 0.4) is 0 Å². The van der Waals surface area contributed by atoms with E-state index in [-0.39, 0.29) is 43.3 Å². The fourth-order valence-electron chi connectivity index (χ4n) is 5.08. The normalized spacial score (nSPS) is 22.6. The lowest BCUT2D eigenvalue weighted by molar-refractivity contribution is -0.131. The largest absolute Gasteiger partial charge is 0.508 e. The minimum absolute atomic E-state index is 0.0879. The number of nitrogens with one attached hydrogen (secondary N) is 4. The second-order valence-corrected chi connectivity index (χ2v) is 10.0. The van der Waals surface area contributed by atoms with Gasteiger partial charge in [0.15, 0.2) is 0 Å². The van der Waals surface area contributed by atoms with E-state index in [4.69, 9.17) is 4.74 Å². The maximum atomic E-state index is 13.3. The zero-order valence-electron chi connectivity index (χ0n) is 22.7. The molecule has 214 valence electrons. The Labute approximate surface area is 233 Å². The van der Waals surface area contributed by atoms with Crippen LogP contribution in [-0.4, -0.2) is 84.5 Å². The molecule has 0 bridgehead atoms. The quantitative estimate of drug-likeness (QED) is 0.355. The van der Waals surface area contributed by atoms with Gasteiger partial charge in [-0.3, -0.25) is 24.1 Å². The zero-order valence-corrected chi connectivity index (χ0v) is 22.7. The third kappa shape index (κ3) is 7.72. The molecule has 0 radical (unpaired) electrons. The van der Waals surface area contributed by atoms with Gasteiger partial charge in [-0.25, -0.2) is 0 Å². The van der Waals surface area contributed by atoms with Gasteiger partial charge >= 0.3 is 0 Å². The maximum absolute atomic E-state index is 13.3. The summed E-state index contributed by atoms with van der Waals surface area (Å²) in [4.78, 5) is 55.1. The molecule has 0 aromatic heterocycles. The molecule has 2 heterocycles. The van der Waals surface area contributed by atoms with Crippen LogP contribution in [0.4, 0.5) is 0 Å². The molecule has 11 heteroatoms. The lowest BCUT2D eigenvalue weighted by Crippen LogP contribution is -2.54. The standard InChI is InChI=1S/C29H37N5O6/c1-2-34-14-5-6-20(34)18-31-29(39)24-17-26(36)32-23(16-19-9-11-21(35)12-10-19)28(38)30-13-15-40-25-8-4-3-7-22(25)27(37)33-24/h3-4,7-12,20,23-24,35H,2,5-6,13-18H2,1H3,(H,30,38)(H,31,39)(H,32,36)(H,33,37)/t20-,23-,24-/m0/s1. The molecule has 0 aliphatic carbocycles. The van der Waals surface area contributed by atoms with E-state index < -0.39 is 35.7 Å². The van der Waals surface area contributed by atoms with Crippen LogP contribution >= 0.6 is 0 Å². The van der Waals surface area contributed by atoms with Crippen LogP contribution in [0.2, 0.25) is 0 Å². The summed E-state index contributed by atoms with van der Waals surface area (Å²) in [6.45, 7) is 4.58. The number of carbonyl (C=O) groups is 4. The molecule has 5 N–H and O–H groups in total. The molecule has 2 aliphatic heterocycles. The molecule has 2 aromatic carbocycles. The van der Waals surface area contributed by atoms with Crippen molar-refractivity contribution in [2.24, 2.45) is 0 Å². The minimum Gasteiger partial charge on any atom is -0.508 e. The number of ether oxygens (including phenoxy) is 1. The van der Waals surface area contributed by atoms with E-state index in [0.717, 1.165) is 31.5 Å².